The van der Waals surface area contributed by atoms with E-state index < -0.39 is 12.0 Å². The molecule has 0 saturated carbocycles. The zero-order valence-electron chi connectivity index (χ0n) is 22.0. The first-order chi connectivity index (χ1) is 18.9. The lowest BCUT2D eigenvalue weighted by Crippen LogP contribution is -2.40. The third-order valence-electron chi connectivity index (χ3n) is 6.49. The number of methoxy groups -OCH3 is 1. The Balaban J connectivity index is 1.79. The van der Waals surface area contributed by atoms with E-state index in [1.54, 1.807) is 25.5 Å². The normalized spacial score (nSPS) is 15.2. The Bertz CT molecular complexity index is 1800. The van der Waals surface area contributed by atoms with Gasteiger partial charge in [0.25, 0.3) is 5.56 Å². The predicted molar refractivity (Wildman–Crippen MR) is 156 cm³/mol. The van der Waals surface area contributed by atoms with Crippen molar-refractivity contribution in [2.24, 2.45) is 4.99 Å². The van der Waals surface area contributed by atoms with Crippen molar-refractivity contribution in [2.45, 2.75) is 26.8 Å². The number of benzene rings is 3. The van der Waals surface area contributed by atoms with Crippen LogP contribution in [0.15, 0.2) is 80.1 Å². The Labute approximate surface area is 237 Å². The summed E-state index contributed by atoms with van der Waals surface area (Å²) >= 11 is 4.83. The minimum Gasteiger partial charge on any atom is -0.496 e. The van der Waals surface area contributed by atoms with Crippen LogP contribution in [-0.4, -0.2) is 30.9 Å². The number of aromatic nitrogens is 1. The lowest BCUT2D eigenvalue weighted by atomic mass is 9.90. The van der Waals surface area contributed by atoms with Crippen LogP contribution < -0.4 is 24.4 Å². The Morgan fingerprint density at radius 3 is 2.59 bits per heavy atom. The van der Waals surface area contributed by atoms with E-state index in [4.69, 9.17) is 19.2 Å². The number of hydrogen-bond donors (Lipinski definition) is 0. The van der Waals surface area contributed by atoms with Crippen molar-refractivity contribution in [3.05, 3.63) is 101 Å². The van der Waals surface area contributed by atoms with Gasteiger partial charge < -0.3 is 14.2 Å². The van der Waals surface area contributed by atoms with Gasteiger partial charge in [-0.25, -0.2) is 9.79 Å². The zero-order valence-corrected chi connectivity index (χ0v) is 24.4. The quantitative estimate of drug-likeness (QED) is 0.273. The van der Waals surface area contributed by atoms with Crippen LogP contribution in [0.2, 0.25) is 0 Å². The fraction of sp³-hybridized carbons (Fsp3) is 0.233. The number of fused-ring (bicyclic) bond motifs is 2. The van der Waals surface area contributed by atoms with E-state index in [0.29, 0.717) is 38.5 Å². The highest BCUT2D eigenvalue weighted by Crippen LogP contribution is 2.40. The van der Waals surface area contributed by atoms with Crippen molar-refractivity contribution < 1.29 is 19.0 Å². The number of hydrogen-bond acceptors (Lipinski definition) is 7. The van der Waals surface area contributed by atoms with Crippen LogP contribution >= 0.6 is 27.3 Å². The van der Waals surface area contributed by atoms with E-state index in [9.17, 15) is 9.59 Å². The lowest BCUT2D eigenvalue weighted by molar-refractivity contribution is -0.139. The molecule has 39 heavy (non-hydrogen) atoms. The van der Waals surface area contributed by atoms with Gasteiger partial charge in [0.15, 0.2) is 4.80 Å². The highest BCUT2D eigenvalue weighted by molar-refractivity contribution is 9.10. The van der Waals surface area contributed by atoms with Gasteiger partial charge in [0.2, 0.25) is 0 Å². The van der Waals surface area contributed by atoms with Gasteiger partial charge in [-0.2, -0.15) is 0 Å². The molecule has 1 aliphatic heterocycles. The molecule has 7 nitrogen and oxygen atoms in total. The zero-order chi connectivity index (χ0) is 27.7. The van der Waals surface area contributed by atoms with E-state index in [2.05, 4.69) is 15.9 Å². The summed E-state index contributed by atoms with van der Waals surface area (Å²) in [5, 5.41) is 1.84. The van der Waals surface area contributed by atoms with Gasteiger partial charge in [-0.15, -0.1) is 0 Å². The largest absolute Gasteiger partial charge is 0.496 e. The van der Waals surface area contributed by atoms with E-state index >= 15 is 0 Å². The third-order valence-corrected chi connectivity index (χ3v) is 8.10. The minimum absolute atomic E-state index is 0.200. The highest BCUT2D eigenvalue weighted by Gasteiger charge is 2.36. The minimum atomic E-state index is -0.782. The molecule has 0 N–H and O–H groups in total. The summed E-state index contributed by atoms with van der Waals surface area (Å²) in [5.74, 6) is 0.789. The van der Waals surface area contributed by atoms with Crippen LogP contribution in [-0.2, 0) is 9.53 Å². The molecule has 0 saturated heterocycles. The summed E-state index contributed by atoms with van der Waals surface area (Å²) in [6, 6.07) is 16.6. The predicted octanol–water partition coefficient (Wildman–Crippen LogP) is 5.12. The number of rotatable bonds is 7. The summed E-state index contributed by atoms with van der Waals surface area (Å²) < 4.78 is 19.7. The lowest BCUT2D eigenvalue weighted by Gasteiger charge is -2.27. The summed E-state index contributed by atoms with van der Waals surface area (Å²) in [4.78, 5) is 32.6. The first-order valence-corrected chi connectivity index (χ1v) is 14.2. The molecule has 200 valence electrons. The van der Waals surface area contributed by atoms with Gasteiger partial charge in [0.1, 0.15) is 17.5 Å². The van der Waals surface area contributed by atoms with Crippen molar-refractivity contribution in [3.8, 4) is 11.5 Å². The Kier molecular flexibility index (Phi) is 7.72. The monoisotopic (exact) mass is 606 g/mol. The van der Waals surface area contributed by atoms with Crippen LogP contribution in [0.5, 0.6) is 11.5 Å². The number of nitrogens with zero attached hydrogens (tertiary/aromatic N) is 2. The van der Waals surface area contributed by atoms with Gasteiger partial charge in [-0.05, 0) is 77.3 Å². The van der Waals surface area contributed by atoms with Crippen molar-refractivity contribution in [2.75, 3.05) is 20.3 Å². The summed E-state index contributed by atoms with van der Waals surface area (Å²) in [5.41, 5.74) is 2.11. The van der Waals surface area contributed by atoms with Crippen molar-refractivity contribution in [3.63, 3.8) is 0 Å². The Morgan fingerprint density at radius 2 is 1.87 bits per heavy atom. The second-order valence-electron chi connectivity index (χ2n) is 8.83. The molecule has 0 bridgehead atoms. The molecule has 1 aromatic heterocycles. The second kappa shape index (κ2) is 11.2. The molecule has 1 atom stereocenters. The number of ether oxygens (including phenoxy) is 3. The first-order valence-electron chi connectivity index (χ1n) is 12.6. The van der Waals surface area contributed by atoms with E-state index in [-0.39, 0.29) is 12.2 Å². The molecule has 5 rings (SSSR count). The number of thiazole rings is 1. The average Bonchev–Trinajstić information content (AvgIpc) is 3.23. The molecule has 0 fully saturated rings. The SMILES string of the molecule is CCOC(=O)C1=C(C)N=c2s/c(=C\c3ccc(OCC)c(Br)c3)c(=O)n2[C@@H]1c1c(OC)ccc2ccccc12. The average molecular weight is 608 g/mol. The molecular formula is C30H27BrN2O5S. The third kappa shape index (κ3) is 4.92. The summed E-state index contributed by atoms with van der Waals surface area (Å²) in [7, 11) is 1.59. The molecule has 0 aliphatic carbocycles. The van der Waals surface area contributed by atoms with Gasteiger partial charge in [-0.1, -0.05) is 47.7 Å². The first kappa shape index (κ1) is 26.9. The fourth-order valence-electron chi connectivity index (χ4n) is 4.83. The second-order valence-corrected chi connectivity index (χ2v) is 10.7. The molecule has 4 aromatic rings. The maximum atomic E-state index is 14.1. The maximum absolute atomic E-state index is 14.1. The van der Waals surface area contributed by atoms with Crippen LogP contribution in [0.1, 0.15) is 37.9 Å². The number of halogens is 1. The van der Waals surface area contributed by atoms with Gasteiger partial charge in [0.05, 0.1) is 40.6 Å². The maximum Gasteiger partial charge on any atom is 0.338 e. The number of esters is 1. The Hall–Kier alpha value is -3.69. The Morgan fingerprint density at radius 1 is 1.10 bits per heavy atom. The number of allylic oxidation sites excluding steroid dienone is 1. The van der Waals surface area contributed by atoms with Crippen LogP contribution in [0.3, 0.4) is 0 Å². The molecule has 0 unspecified atom stereocenters. The van der Waals surface area contributed by atoms with Crippen molar-refractivity contribution >= 4 is 50.1 Å². The molecule has 9 heteroatoms. The van der Waals surface area contributed by atoms with Crippen LogP contribution in [0.4, 0.5) is 0 Å². The highest BCUT2D eigenvalue weighted by atomic mass is 79.9. The molecule has 0 spiro atoms. The van der Waals surface area contributed by atoms with Crippen LogP contribution in [0, 0.1) is 0 Å². The van der Waals surface area contributed by atoms with Gasteiger partial charge in [-0.3, -0.25) is 9.36 Å². The number of carbonyl (C=O) groups excluding carboxylic acids is 1. The molecule has 2 heterocycles. The van der Waals surface area contributed by atoms with E-state index in [0.717, 1.165) is 26.6 Å². The molecule has 0 amide bonds. The van der Waals surface area contributed by atoms with Gasteiger partial charge in [0, 0.05) is 5.56 Å². The van der Waals surface area contributed by atoms with E-state index in [1.165, 1.54) is 11.3 Å². The standard InChI is InChI=1S/C30H27BrN2O5S/c1-5-37-22-13-11-18(15-21(22)31)16-24-28(34)33-27(25(29(35)38-6-2)17(3)32-30(33)39-24)26-20-10-8-7-9-19(20)12-14-23(26)36-4/h7-16,27H,5-6H2,1-4H3/b24-16-/t27-/m0/s1. The van der Waals surface area contributed by atoms with Crippen LogP contribution in [0.25, 0.3) is 16.8 Å². The van der Waals surface area contributed by atoms with Crippen molar-refractivity contribution in [1.29, 1.82) is 0 Å². The summed E-state index contributed by atoms with van der Waals surface area (Å²) in [6.07, 6.45) is 1.82. The summed E-state index contributed by atoms with van der Waals surface area (Å²) in [6.45, 7) is 6.21. The number of carbonyl (C=O) groups is 1. The molecular weight excluding hydrogens is 580 g/mol. The molecule has 0 radical (unpaired) electrons. The van der Waals surface area contributed by atoms with Crippen molar-refractivity contribution in [1.82, 2.24) is 4.57 Å². The topological polar surface area (TPSA) is 79.1 Å². The molecule has 1 aliphatic rings. The molecule has 3 aromatic carbocycles. The van der Waals surface area contributed by atoms with Gasteiger partial charge >= 0.3 is 5.97 Å². The smallest absolute Gasteiger partial charge is 0.338 e. The van der Waals surface area contributed by atoms with E-state index in [1.807, 2.05) is 67.6 Å². The fourth-order valence-corrected chi connectivity index (χ4v) is 6.39.